The standard InChI is InChI=1S/C24H17ClN4O2/c1-13-4-5-14(2)19(10-13)29-22-17-11-15(16-7-9-20(26-3)27-12-16)6-8-18(17)28-23(21(22)25)24(30)31/h4-12H,1-2H3,(H,28,29)(H,30,31). The molecule has 2 aromatic carbocycles. The molecule has 7 heteroatoms. The minimum atomic E-state index is -1.20. The highest BCUT2D eigenvalue weighted by Crippen LogP contribution is 2.38. The Hall–Kier alpha value is -3.95. The van der Waals surface area contributed by atoms with E-state index in [9.17, 15) is 9.90 Å². The van der Waals surface area contributed by atoms with E-state index in [1.54, 1.807) is 18.3 Å². The van der Waals surface area contributed by atoms with Crippen LogP contribution in [0, 0.1) is 20.4 Å². The molecule has 2 heterocycles. The second-order valence-corrected chi connectivity index (χ2v) is 7.52. The lowest BCUT2D eigenvalue weighted by atomic mass is 10.0. The van der Waals surface area contributed by atoms with E-state index in [4.69, 9.17) is 18.2 Å². The van der Waals surface area contributed by atoms with Crippen molar-refractivity contribution in [2.24, 2.45) is 0 Å². The third-order valence-electron chi connectivity index (χ3n) is 4.98. The molecule has 4 aromatic rings. The van der Waals surface area contributed by atoms with Gasteiger partial charge in [0.25, 0.3) is 5.82 Å². The van der Waals surface area contributed by atoms with Gasteiger partial charge in [-0.2, -0.15) is 0 Å². The summed E-state index contributed by atoms with van der Waals surface area (Å²) in [5.74, 6) is -0.878. The monoisotopic (exact) mass is 428 g/mol. The Bertz CT molecular complexity index is 1380. The van der Waals surface area contributed by atoms with Gasteiger partial charge in [0.15, 0.2) is 5.69 Å². The summed E-state index contributed by atoms with van der Waals surface area (Å²) in [7, 11) is 0. The number of aryl methyl sites for hydroxylation is 2. The van der Waals surface area contributed by atoms with Gasteiger partial charge < -0.3 is 15.3 Å². The average molecular weight is 429 g/mol. The molecular weight excluding hydrogens is 412 g/mol. The first-order valence-corrected chi connectivity index (χ1v) is 9.80. The Morgan fingerprint density at radius 2 is 1.87 bits per heavy atom. The largest absolute Gasteiger partial charge is 0.476 e. The van der Waals surface area contributed by atoms with E-state index in [0.29, 0.717) is 22.4 Å². The second kappa shape index (κ2) is 8.05. The highest BCUT2D eigenvalue weighted by molar-refractivity contribution is 6.37. The van der Waals surface area contributed by atoms with Gasteiger partial charge in [0.2, 0.25) is 0 Å². The van der Waals surface area contributed by atoms with Gasteiger partial charge in [-0.25, -0.2) is 9.78 Å². The molecule has 0 saturated heterocycles. The molecule has 0 amide bonds. The number of nitrogens with one attached hydrogen (secondary N) is 1. The van der Waals surface area contributed by atoms with Crippen LogP contribution >= 0.6 is 11.6 Å². The van der Waals surface area contributed by atoms with Gasteiger partial charge in [0, 0.05) is 16.6 Å². The summed E-state index contributed by atoms with van der Waals surface area (Å²) in [6.07, 6.45) is 1.63. The van der Waals surface area contributed by atoms with Crippen LogP contribution in [-0.4, -0.2) is 21.0 Å². The van der Waals surface area contributed by atoms with Crippen LogP contribution < -0.4 is 5.32 Å². The number of halogens is 1. The molecule has 0 spiro atoms. The highest BCUT2D eigenvalue weighted by Gasteiger charge is 2.20. The molecule has 0 aliphatic rings. The smallest absolute Gasteiger partial charge is 0.356 e. The van der Waals surface area contributed by atoms with Gasteiger partial charge in [-0.3, -0.25) is 0 Å². The summed E-state index contributed by atoms with van der Waals surface area (Å²) in [5, 5.41) is 13.6. The minimum absolute atomic E-state index is 0.0412. The van der Waals surface area contributed by atoms with Gasteiger partial charge in [0.1, 0.15) is 6.20 Å². The fraction of sp³-hybridized carbons (Fsp3) is 0.0833. The average Bonchev–Trinajstić information content (AvgIpc) is 2.77. The molecule has 2 aromatic heterocycles. The number of carbonyl (C=O) groups is 1. The maximum absolute atomic E-state index is 11.7. The Labute approximate surface area is 184 Å². The third-order valence-corrected chi connectivity index (χ3v) is 5.34. The molecule has 0 saturated carbocycles. The van der Waals surface area contributed by atoms with Crippen molar-refractivity contribution in [1.82, 2.24) is 9.97 Å². The normalized spacial score (nSPS) is 10.6. The van der Waals surface area contributed by atoms with E-state index in [2.05, 4.69) is 20.1 Å². The van der Waals surface area contributed by atoms with Crippen LogP contribution in [0.3, 0.4) is 0 Å². The molecule has 0 bridgehead atoms. The van der Waals surface area contributed by atoms with E-state index in [0.717, 1.165) is 27.9 Å². The second-order valence-electron chi connectivity index (χ2n) is 7.15. The van der Waals surface area contributed by atoms with Crippen LogP contribution in [-0.2, 0) is 0 Å². The van der Waals surface area contributed by atoms with Gasteiger partial charge in [-0.05, 0) is 54.8 Å². The Morgan fingerprint density at radius 1 is 1.10 bits per heavy atom. The lowest BCUT2D eigenvalue weighted by Gasteiger charge is -2.16. The summed E-state index contributed by atoms with van der Waals surface area (Å²) < 4.78 is 0. The van der Waals surface area contributed by atoms with Crippen molar-refractivity contribution in [2.75, 3.05) is 5.32 Å². The number of benzene rings is 2. The number of pyridine rings is 2. The number of nitrogens with zero attached hydrogens (tertiary/aromatic N) is 3. The summed E-state index contributed by atoms with van der Waals surface area (Å²) in [6.45, 7) is 11.0. The number of hydrogen-bond acceptors (Lipinski definition) is 4. The van der Waals surface area contributed by atoms with Crippen LogP contribution in [0.2, 0.25) is 5.02 Å². The maximum atomic E-state index is 11.7. The van der Waals surface area contributed by atoms with Gasteiger partial charge in [-0.15, -0.1) is 4.98 Å². The topological polar surface area (TPSA) is 79.5 Å². The number of fused-ring (bicyclic) bond motifs is 1. The summed E-state index contributed by atoms with van der Waals surface area (Å²) in [5.41, 5.74) is 5.34. The van der Waals surface area contributed by atoms with Crippen molar-refractivity contribution < 1.29 is 9.90 Å². The molecule has 6 nitrogen and oxygen atoms in total. The molecule has 31 heavy (non-hydrogen) atoms. The number of rotatable bonds is 4. The quantitative estimate of drug-likeness (QED) is 0.360. The van der Waals surface area contributed by atoms with Crippen molar-refractivity contribution in [1.29, 1.82) is 0 Å². The lowest BCUT2D eigenvalue weighted by Crippen LogP contribution is -2.06. The molecule has 0 aliphatic heterocycles. The van der Waals surface area contributed by atoms with E-state index >= 15 is 0 Å². The molecule has 0 atom stereocenters. The number of carboxylic acids is 1. The molecule has 0 aliphatic carbocycles. The predicted octanol–water partition coefficient (Wildman–Crippen LogP) is 6.56. The van der Waals surface area contributed by atoms with E-state index in [1.807, 2.05) is 50.2 Å². The molecular formula is C24H17ClN4O2. The Kier molecular flexibility index (Phi) is 5.28. The van der Waals surface area contributed by atoms with Crippen molar-refractivity contribution in [3.63, 3.8) is 0 Å². The number of aromatic nitrogens is 2. The molecule has 0 fully saturated rings. The first-order valence-electron chi connectivity index (χ1n) is 9.42. The van der Waals surface area contributed by atoms with Crippen LogP contribution in [0.5, 0.6) is 0 Å². The van der Waals surface area contributed by atoms with Crippen LogP contribution in [0.1, 0.15) is 21.6 Å². The fourth-order valence-electron chi connectivity index (χ4n) is 3.31. The molecule has 4 rings (SSSR count). The zero-order valence-corrected chi connectivity index (χ0v) is 17.5. The Balaban J connectivity index is 1.93. The summed E-state index contributed by atoms with van der Waals surface area (Å²) >= 11 is 6.51. The van der Waals surface area contributed by atoms with Crippen molar-refractivity contribution in [3.8, 4) is 11.1 Å². The molecule has 0 unspecified atom stereocenters. The van der Waals surface area contributed by atoms with Gasteiger partial charge in [0.05, 0.1) is 16.2 Å². The van der Waals surface area contributed by atoms with Crippen molar-refractivity contribution >= 4 is 45.7 Å². The highest BCUT2D eigenvalue weighted by atomic mass is 35.5. The van der Waals surface area contributed by atoms with E-state index < -0.39 is 5.97 Å². The van der Waals surface area contributed by atoms with Crippen molar-refractivity contribution in [3.05, 3.63) is 88.0 Å². The first kappa shape index (κ1) is 20.3. The van der Waals surface area contributed by atoms with Crippen molar-refractivity contribution in [2.45, 2.75) is 13.8 Å². The predicted molar refractivity (Wildman–Crippen MR) is 122 cm³/mol. The van der Waals surface area contributed by atoms with Crippen LogP contribution in [0.4, 0.5) is 17.2 Å². The summed E-state index contributed by atoms with van der Waals surface area (Å²) in [4.78, 5) is 23.4. The zero-order valence-electron chi connectivity index (χ0n) is 16.8. The van der Waals surface area contributed by atoms with Gasteiger partial charge >= 0.3 is 5.97 Å². The zero-order chi connectivity index (χ0) is 22.1. The van der Waals surface area contributed by atoms with Crippen LogP contribution in [0.15, 0.2) is 54.7 Å². The van der Waals surface area contributed by atoms with E-state index in [1.165, 1.54) is 0 Å². The van der Waals surface area contributed by atoms with E-state index in [-0.39, 0.29) is 10.7 Å². The molecule has 2 N–H and O–H groups in total. The first-order chi connectivity index (χ1) is 14.9. The number of carboxylic acid groups (broad SMARTS) is 1. The third kappa shape index (κ3) is 3.91. The SMILES string of the molecule is [C-]#[N+]c1ccc(-c2ccc3nc(C(=O)O)c(Cl)c(Nc4cc(C)ccc4C)c3c2)cn1. The lowest BCUT2D eigenvalue weighted by molar-refractivity contribution is 0.0691. The minimum Gasteiger partial charge on any atom is -0.476 e. The maximum Gasteiger partial charge on any atom is 0.356 e. The number of anilines is 2. The Morgan fingerprint density at radius 3 is 2.55 bits per heavy atom. The van der Waals surface area contributed by atoms with Gasteiger partial charge in [-0.1, -0.05) is 42.4 Å². The molecule has 152 valence electrons. The summed E-state index contributed by atoms with van der Waals surface area (Å²) in [6, 6.07) is 14.9. The fourth-order valence-corrected chi connectivity index (χ4v) is 3.58. The number of aromatic carboxylic acids is 1. The number of hydrogen-bond donors (Lipinski definition) is 2. The molecule has 0 radical (unpaired) electrons. The van der Waals surface area contributed by atoms with Crippen LogP contribution in [0.25, 0.3) is 26.9 Å².